The smallest absolute Gasteiger partial charge is 0.340 e. The fourth-order valence-corrected chi connectivity index (χ4v) is 5.00. The second kappa shape index (κ2) is 12.4. The summed E-state index contributed by atoms with van der Waals surface area (Å²) in [6.45, 7) is 6.16. The number of benzene rings is 3. The number of pyridine rings is 1. The van der Waals surface area contributed by atoms with E-state index < -0.39 is 5.97 Å². The van der Waals surface area contributed by atoms with Crippen LogP contribution in [0.25, 0.3) is 22.0 Å². The lowest BCUT2D eigenvalue weighted by Gasteiger charge is -2.17. The quantitative estimate of drug-likeness (QED) is 0.167. The lowest BCUT2D eigenvalue weighted by atomic mass is 9.92. The summed E-state index contributed by atoms with van der Waals surface area (Å²) in [4.78, 5) is 21.5. The predicted molar refractivity (Wildman–Crippen MR) is 158 cm³/mol. The van der Waals surface area contributed by atoms with Crippen LogP contribution in [0.15, 0.2) is 72.8 Å². The van der Waals surface area contributed by atoms with Gasteiger partial charge < -0.3 is 19.6 Å². The van der Waals surface area contributed by atoms with E-state index in [1.54, 1.807) is 43.3 Å². The van der Waals surface area contributed by atoms with Crippen molar-refractivity contribution in [2.75, 3.05) is 6.61 Å². The molecule has 0 unspecified atom stereocenters. The number of aromatic nitrogens is 2. The van der Waals surface area contributed by atoms with Crippen LogP contribution in [-0.2, 0) is 24.2 Å². The van der Waals surface area contributed by atoms with E-state index in [2.05, 4.69) is 4.98 Å². The van der Waals surface area contributed by atoms with E-state index in [-0.39, 0.29) is 42.2 Å². The molecule has 0 radical (unpaired) electrons. The van der Waals surface area contributed by atoms with Gasteiger partial charge in [-0.15, -0.1) is 0 Å². The van der Waals surface area contributed by atoms with E-state index in [4.69, 9.17) is 14.5 Å². The Balaban J connectivity index is 1.60. The third kappa shape index (κ3) is 6.12. The van der Waals surface area contributed by atoms with Crippen molar-refractivity contribution in [3.63, 3.8) is 0 Å². The van der Waals surface area contributed by atoms with Gasteiger partial charge in [-0.05, 0) is 78.8 Å². The van der Waals surface area contributed by atoms with E-state index in [0.717, 1.165) is 16.8 Å². The van der Waals surface area contributed by atoms with Gasteiger partial charge in [0.2, 0.25) is 0 Å². The minimum absolute atomic E-state index is 0.0226. The molecule has 2 N–H and O–H groups in total. The Hall–Kier alpha value is -4.72. The van der Waals surface area contributed by atoms with E-state index in [0.29, 0.717) is 46.3 Å². The van der Waals surface area contributed by atoms with Crippen molar-refractivity contribution in [3.8, 4) is 22.8 Å². The number of aromatic hydroxyl groups is 1. The monoisotopic (exact) mass is 570 g/mol. The molecule has 0 amide bonds. The zero-order valence-corrected chi connectivity index (χ0v) is 23.7. The first-order valence-corrected chi connectivity index (χ1v) is 13.9. The molecule has 8 heteroatoms. The van der Waals surface area contributed by atoms with E-state index in [1.807, 2.05) is 26.0 Å². The molecule has 0 aliphatic carbocycles. The summed E-state index contributed by atoms with van der Waals surface area (Å²) in [5, 5.41) is 11.5. The van der Waals surface area contributed by atoms with Gasteiger partial charge in [-0.3, -0.25) is 0 Å². The van der Waals surface area contributed by atoms with Crippen molar-refractivity contribution in [2.45, 2.75) is 46.1 Å². The zero-order chi connectivity index (χ0) is 29.8. The minimum atomic E-state index is -0.542. The number of nitrogens with zero attached hydrogens (tertiary/aromatic N) is 1. The normalized spacial score (nSPS) is 11.3. The molecule has 0 spiro atoms. The molecule has 3 aromatic carbocycles. The molecule has 0 saturated carbocycles. The fraction of sp³-hybridized carbons (Fsp3) is 0.235. The van der Waals surface area contributed by atoms with Crippen molar-refractivity contribution >= 4 is 16.9 Å². The number of rotatable bonds is 10. The number of H-pyrrole nitrogens is 1. The molecule has 2 heterocycles. The second-order valence-corrected chi connectivity index (χ2v) is 10.4. The molecule has 0 atom stereocenters. The topological polar surface area (TPSA) is 84.4 Å². The van der Waals surface area contributed by atoms with Crippen molar-refractivity contribution < 1.29 is 28.2 Å². The first-order valence-electron chi connectivity index (χ1n) is 13.9. The van der Waals surface area contributed by atoms with Gasteiger partial charge in [-0.2, -0.15) is 0 Å². The van der Waals surface area contributed by atoms with Crippen LogP contribution in [0.2, 0.25) is 0 Å². The number of aromatic amines is 1. The standard InChI is InChI=1S/C34H32F2N2O4/c1-4-41-34(40)29-27(18-9-21-5-12-24(35)13-6-21)37-32-30(33(39)38-31(32)20(2)3)28(29)23-10-16-26(17-11-23)42-19-22-7-14-25(36)15-8-22/h5-8,10-17,20,38-39H,4,9,18-19H2,1-3H3. The Morgan fingerprint density at radius 3 is 2.12 bits per heavy atom. The maximum atomic E-state index is 13.5. The van der Waals surface area contributed by atoms with Gasteiger partial charge in [0.15, 0.2) is 5.88 Å². The van der Waals surface area contributed by atoms with Crippen LogP contribution in [0, 0.1) is 11.6 Å². The van der Waals surface area contributed by atoms with Crippen LogP contribution >= 0.6 is 0 Å². The molecule has 0 aliphatic rings. The number of fused-ring (bicyclic) bond motifs is 1. The number of hydrogen-bond donors (Lipinski definition) is 2. The third-order valence-corrected chi connectivity index (χ3v) is 7.10. The number of hydrogen-bond acceptors (Lipinski definition) is 5. The number of carbonyl (C=O) groups excluding carboxylic acids is 1. The lowest BCUT2D eigenvalue weighted by molar-refractivity contribution is 0.0525. The average molecular weight is 571 g/mol. The number of carbonyl (C=O) groups is 1. The molecule has 0 aliphatic heterocycles. The van der Waals surface area contributed by atoms with Gasteiger partial charge in [0.05, 0.1) is 28.8 Å². The molecule has 0 bridgehead atoms. The van der Waals surface area contributed by atoms with Crippen molar-refractivity contribution in [1.82, 2.24) is 9.97 Å². The molecular formula is C34H32F2N2O4. The summed E-state index contributed by atoms with van der Waals surface area (Å²) in [7, 11) is 0. The van der Waals surface area contributed by atoms with Crippen LogP contribution in [-0.4, -0.2) is 27.7 Å². The van der Waals surface area contributed by atoms with Crippen LogP contribution in [0.5, 0.6) is 11.6 Å². The number of aryl methyl sites for hydroxylation is 2. The molecule has 42 heavy (non-hydrogen) atoms. The highest BCUT2D eigenvalue weighted by atomic mass is 19.1. The summed E-state index contributed by atoms with van der Waals surface area (Å²) in [5.41, 5.74) is 5.04. The largest absolute Gasteiger partial charge is 0.494 e. The van der Waals surface area contributed by atoms with Gasteiger partial charge in [-0.25, -0.2) is 18.6 Å². The average Bonchev–Trinajstić information content (AvgIpc) is 3.32. The Bertz CT molecular complexity index is 1690. The number of ether oxygens (including phenoxy) is 2. The van der Waals surface area contributed by atoms with Crippen LogP contribution in [0.1, 0.15) is 59.6 Å². The van der Waals surface area contributed by atoms with E-state index in [9.17, 15) is 18.7 Å². The van der Waals surface area contributed by atoms with Crippen LogP contribution in [0.4, 0.5) is 8.78 Å². The second-order valence-electron chi connectivity index (χ2n) is 10.4. The van der Waals surface area contributed by atoms with E-state index >= 15 is 0 Å². The number of nitrogens with one attached hydrogen (secondary N) is 1. The first-order chi connectivity index (χ1) is 20.2. The Morgan fingerprint density at radius 1 is 0.905 bits per heavy atom. The minimum Gasteiger partial charge on any atom is -0.494 e. The summed E-state index contributed by atoms with van der Waals surface area (Å²) in [6, 6.07) is 19.5. The van der Waals surface area contributed by atoms with Crippen LogP contribution < -0.4 is 4.74 Å². The molecule has 2 aromatic heterocycles. The van der Waals surface area contributed by atoms with Gasteiger partial charge in [0, 0.05) is 11.3 Å². The fourth-order valence-electron chi connectivity index (χ4n) is 5.00. The highest BCUT2D eigenvalue weighted by molar-refractivity contribution is 6.10. The maximum Gasteiger partial charge on any atom is 0.340 e. The Morgan fingerprint density at radius 2 is 1.52 bits per heavy atom. The molecule has 0 saturated heterocycles. The van der Waals surface area contributed by atoms with Gasteiger partial charge >= 0.3 is 5.97 Å². The summed E-state index contributed by atoms with van der Waals surface area (Å²) >= 11 is 0. The van der Waals surface area contributed by atoms with Gasteiger partial charge in [0.1, 0.15) is 24.0 Å². The SMILES string of the molecule is CCOC(=O)c1c(CCc2ccc(F)cc2)nc2c(C(C)C)[nH]c(O)c2c1-c1ccc(OCc2ccc(F)cc2)cc1. The summed E-state index contributed by atoms with van der Waals surface area (Å²) < 4.78 is 38.1. The van der Waals surface area contributed by atoms with Crippen molar-refractivity contribution in [3.05, 3.63) is 113 Å². The van der Waals surface area contributed by atoms with Crippen molar-refractivity contribution in [2.24, 2.45) is 0 Å². The van der Waals surface area contributed by atoms with Gasteiger partial charge in [-0.1, -0.05) is 50.2 Å². The number of esters is 1. The zero-order valence-electron chi connectivity index (χ0n) is 23.7. The Labute approximate surface area is 243 Å². The van der Waals surface area contributed by atoms with Gasteiger partial charge in [0.25, 0.3) is 0 Å². The Kier molecular flexibility index (Phi) is 8.52. The van der Waals surface area contributed by atoms with Crippen LogP contribution in [0.3, 0.4) is 0 Å². The lowest BCUT2D eigenvalue weighted by Crippen LogP contribution is -2.13. The molecule has 6 nitrogen and oxygen atoms in total. The maximum absolute atomic E-state index is 13.5. The molecule has 216 valence electrons. The highest BCUT2D eigenvalue weighted by Crippen LogP contribution is 2.42. The summed E-state index contributed by atoms with van der Waals surface area (Å²) in [6.07, 6.45) is 0.916. The predicted octanol–water partition coefficient (Wildman–Crippen LogP) is 7.88. The first kappa shape index (κ1) is 28.8. The van der Waals surface area contributed by atoms with Crippen molar-refractivity contribution in [1.29, 1.82) is 0 Å². The van der Waals surface area contributed by atoms with E-state index in [1.165, 1.54) is 24.3 Å². The molecular weight excluding hydrogens is 538 g/mol. The summed E-state index contributed by atoms with van der Waals surface area (Å²) in [5.74, 6) is -0.641. The number of halogens is 2. The highest BCUT2D eigenvalue weighted by Gasteiger charge is 2.28. The molecule has 5 rings (SSSR count). The molecule has 0 fully saturated rings. The molecule has 5 aromatic rings. The third-order valence-electron chi connectivity index (χ3n) is 7.10.